The Hall–Kier alpha value is -2.50. The monoisotopic (exact) mass is 215 g/mol. The summed E-state index contributed by atoms with van der Waals surface area (Å²) >= 11 is 0. The van der Waals surface area contributed by atoms with Crippen molar-refractivity contribution >= 4 is 11.7 Å². The SMILES string of the molecule is O=C(NNc1cnccn1)c1ccncc1. The number of carbonyl (C=O) groups is 1. The van der Waals surface area contributed by atoms with Crippen molar-refractivity contribution in [3.63, 3.8) is 0 Å². The molecule has 0 aliphatic heterocycles. The molecule has 0 atom stereocenters. The molecule has 0 spiro atoms. The van der Waals surface area contributed by atoms with E-state index in [-0.39, 0.29) is 5.91 Å². The molecule has 16 heavy (non-hydrogen) atoms. The molecule has 0 saturated heterocycles. The first-order chi connectivity index (χ1) is 7.86. The number of pyridine rings is 1. The molecule has 0 fully saturated rings. The van der Waals surface area contributed by atoms with Crippen LogP contribution in [-0.4, -0.2) is 20.9 Å². The highest BCUT2D eigenvalue weighted by Gasteiger charge is 2.03. The van der Waals surface area contributed by atoms with Crippen molar-refractivity contribution < 1.29 is 4.79 Å². The Morgan fingerprint density at radius 3 is 2.56 bits per heavy atom. The number of nitrogens with one attached hydrogen (secondary N) is 2. The van der Waals surface area contributed by atoms with Crippen molar-refractivity contribution in [2.75, 3.05) is 5.43 Å². The first kappa shape index (κ1) is 10.0. The smallest absolute Gasteiger partial charge is 0.269 e. The van der Waals surface area contributed by atoms with Gasteiger partial charge in [-0.05, 0) is 12.1 Å². The molecular formula is C10H9N5O. The molecule has 1 amide bonds. The second kappa shape index (κ2) is 4.83. The van der Waals surface area contributed by atoms with E-state index in [1.165, 1.54) is 12.4 Å². The number of anilines is 1. The zero-order chi connectivity index (χ0) is 11.2. The number of aromatic nitrogens is 3. The van der Waals surface area contributed by atoms with E-state index in [9.17, 15) is 4.79 Å². The highest BCUT2D eigenvalue weighted by molar-refractivity contribution is 5.94. The molecular weight excluding hydrogens is 206 g/mol. The van der Waals surface area contributed by atoms with E-state index < -0.39 is 0 Å². The molecule has 80 valence electrons. The minimum Gasteiger partial charge on any atom is -0.280 e. The highest BCUT2D eigenvalue weighted by atomic mass is 16.2. The molecule has 0 saturated carbocycles. The third-order valence-corrected chi connectivity index (χ3v) is 1.81. The lowest BCUT2D eigenvalue weighted by Gasteiger charge is -2.06. The Labute approximate surface area is 91.7 Å². The third kappa shape index (κ3) is 2.50. The summed E-state index contributed by atoms with van der Waals surface area (Å²) in [5.74, 6) is 0.220. The molecule has 0 aromatic carbocycles. The fourth-order valence-electron chi connectivity index (χ4n) is 1.06. The standard InChI is InChI=1S/C10H9N5O/c16-10(8-1-3-11-4-2-8)15-14-9-7-12-5-6-13-9/h1-7H,(H,13,14)(H,15,16). The van der Waals surface area contributed by atoms with Crippen LogP contribution in [0.4, 0.5) is 5.82 Å². The maximum absolute atomic E-state index is 11.6. The van der Waals surface area contributed by atoms with Crippen molar-refractivity contribution in [2.45, 2.75) is 0 Å². The third-order valence-electron chi connectivity index (χ3n) is 1.81. The lowest BCUT2D eigenvalue weighted by molar-refractivity contribution is 0.0962. The predicted octanol–water partition coefficient (Wildman–Crippen LogP) is 0.628. The van der Waals surface area contributed by atoms with Crippen molar-refractivity contribution in [2.24, 2.45) is 0 Å². The number of hydrazine groups is 1. The van der Waals surface area contributed by atoms with Crippen LogP contribution in [-0.2, 0) is 0 Å². The van der Waals surface area contributed by atoms with E-state index in [4.69, 9.17) is 0 Å². The van der Waals surface area contributed by atoms with Gasteiger partial charge in [-0.15, -0.1) is 0 Å². The number of hydrogen-bond acceptors (Lipinski definition) is 5. The molecule has 2 aromatic rings. The van der Waals surface area contributed by atoms with Gasteiger partial charge in [0.2, 0.25) is 0 Å². The summed E-state index contributed by atoms with van der Waals surface area (Å²) in [6, 6.07) is 3.24. The molecule has 0 bridgehead atoms. The Balaban J connectivity index is 1.95. The van der Waals surface area contributed by atoms with Gasteiger partial charge in [0.15, 0.2) is 5.82 Å². The average molecular weight is 215 g/mol. The van der Waals surface area contributed by atoms with E-state index >= 15 is 0 Å². The van der Waals surface area contributed by atoms with Crippen molar-refractivity contribution in [3.8, 4) is 0 Å². The van der Waals surface area contributed by atoms with Crippen LogP contribution >= 0.6 is 0 Å². The summed E-state index contributed by atoms with van der Waals surface area (Å²) in [5.41, 5.74) is 5.67. The summed E-state index contributed by atoms with van der Waals surface area (Å²) in [7, 11) is 0. The zero-order valence-electron chi connectivity index (χ0n) is 8.29. The van der Waals surface area contributed by atoms with Gasteiger partial charge in [-0.1, -0.05) is 0 Å². The topological polar surface area (TPSA) is 79.8 Å². The largest absolute Gasteiger partial charge is 0.280 e. The number of carbonyl (C=O) groups excluding carboxylic acids is 1. The quantitative estimate of drug-likeness (QED) is 0.734. The first-order valence-electron chi connectivity index (χ1n) is 4.58. The summed E-state index contributed by atoms with van der Waals surface area (Å²) < 4.78 is 0. The molecule has 2 aromatic heterocycles. The van der Waals surface area contributed by atoms with E-state index in [2.05, 4.69) is 25.8 Å². The Kier molecular flexibility index (Phi) is 3.03. The summed E-state index contributed by atoms with van der Waals surface area (Å²) in [6.07, 6.45) is 7.69. The van der Waals surface area contributed by atoms with Crippen LogP contribution in [0.3, 0.4) is 0 Å². The highest BCUT2D eigenvalue weighted by Crippen LogP contribution is 1.97. The molecule has 2 rings (SSSR count). The van der Waals surface area contributed by atoms with Gasteiger partial charge in [0.25, 0.3) is 5.91 Å². The van der Waals surface area contributed by atoms with Crippen LogP contribution < -0.4 is 10.9 Å². The second-order valence-corrected chi connectivity index (χ2v) is 2.91. The van der Waals surface area contributed by atoms with E-state index in [0.29, 0.717) is 11.4 Å². The summed E-state index contributed by atoms with van der Waals surface area (Å²) in [5, 5.41) is 0. The molecule has 2 N–H and O–H groups in total. The second-order valence-electron chi connectivity index (χ2n) is 2.91. The van der Waals surface area contributed by atoms with Crippen LogP contribution in [0.2, 0.25) is 0 Å². The first-order valence-corrected chi connectivity index (χ1v) is 4.58. The minimum absolute atomic E-state index is 0.256. The van der Waals surface area contributed by atoms with E-state index in [1.807, 2.05) is 0 Å². The number of amides is 1. The minimum atomic E-state index is -0.256. The fraction of sp³-hybridized carbons (Fsp3) is 0. The van der Waals surface area contributed by atoms with E-state index in [0.717, 1.165) is 0 Å². The van der Waals surface area contributed by atoms with Gasteiger partial charge in [-0.3, -0.25) is 25.6 Å². The fourth-order valence-corrected chi connectivity index (χ4v) is 1.06. The maximum Gasteiger partial charge on any atom is 0.269 e. The van der Waals surface area contributed by atoms with Crippen LogP contribution in [0.25, 0.3) is 0 Å². The molecule has 0 radical (unpaired) electrons. The molecule has 6 nitrogen and oxygen atoms in total. The van der Waals surface area contributed by atoms with Gasteiger partial charge in [0, 0.05) is 30.4 Å². The summed E-state index contributed by atoms with van der Waals surface area (Å²) in [4.78, 5) is 23.2. The van der Waals surface area contributed by atoms with Gasteiger partial charge in [-0.25, -0.2) is 4.98 Å². The number of nitrogens with zero attached hydrogens (tertiary/aromatic N) is 3. The van der Waals surface area contributed by atoms with Gasteiger partial charge in [0.1, 0.15) is 0 Å². The van der Waals surface area contributed by atoms with Gasteiger partial charge in [-0.2, -0.15) is 0 Å². The van der Waals surface area contributed by atoms with E-state index in [1.54, 1.807) is 30.7 Å². The number of hydrogen-bond donors (Lipinski definition) is 2. The lowest BCUT2D eigenvalue weighted by atomic mass is 10.3. The van der Waals surface area contributed by atoms with Crippen LogP contribution in [0.5, 0.6) is 0 Å². The molecule has 2 heterocycles. The molecule has 0 aliphatic carbocycles. The Morgan fingerprint density at radius 2 is 1.88 bits per heavy atom. The molecule has 0 aliphatic rings. The van der Waals surface area contributed by atoms with Crippen molar-refractivity contribution in [1.29, 1.82) is 0 Å². The lowest BCUT2D eigenvalue weighted by Crippen LogP contribution is -2.29. The summed E-state index contributed by atoms with van der Waals surface area (Å²) in [6.45, 7) is 0. The number of rotatable bonds is 3. The van der Waals surface area contributed by atoms with Gasteiger partial charge >= 0.3 is 0 Å². The van der Waals surface area contributed by atoms with Gasteiger partial charge in [0.05, 0.1) is 6.20 Å². The van der Waals surface area contributed by atoms with Crippen molar-refractivity contribution in [3.05, 3.63) is 48.7 Å². The van der Waals surface area contributed by atoms with Crippen LogP contribution in [0, 0.1) is 0 Å². The Morgan fingerprint density at radius 1 is 1.06 bits per heavy atom. The van der Waals surface area contributed by atoms with Crippen molar-refractivity contribution in [1.82, 2.24) is 20.4 Å². The molecule has 0 unspecified atom stereocenters. The van der Waals surface area contributed by atoms with Crippen LogP contribution in [0.1, 0.15) is 10.4 Å². The maximum atomic E-state index is 11.6. The average Bonchev–Trinajstić information content (AvgIpc) is 2.38. The zero-order valence-corrected chi connectivity index (χ0v) is 8.29. The Bertz CT molecular complexity index is 459. The normalized spacial score (nSPS) is 9.50. The van der Waals surface area contributed by atoms with Gasteiger partial charge < -0.3 is 0 Å². The molecule has 6 heteroatoms. The predicted molar refractivity (Wildman–Crippen MR) is 57.4 cm³/mol. The van der Waals surface area contributed by atoms with Crippen LogP contribution in [0.15, 0.2) is 43.1 Å².